The third kappa shape index (κ3) is 2.94. The summed E-state index contributed by atoms with van der Waals surface area (Å²) in [6.45, 7) is 1.94. The normalized spacial score (nSPS) is 14.4. The highest BCUT2D eigenvalue weighted by atomic mass is 16.2. The summed E-state index contributed by atoms with van der Waals surface area (Å²) in [6, 6.07) is 5.30. The van der Waals surface area contributed by atoms with E-state index < -0.39 is 0 Å². The van der Waals surface area contributed by atoms with E-state index in [1.165, 1.54) is 0 Å². The highest BCUT2D eigenvalue weighted by molar-refractivity contribution is 5.80. The summed E-state index contributed by atoms with van der Waals surface area (Å²) in [5.41, 5.74) is 0.538. The van der Waals surface area contributed by atoms with Crippen molar-refractivity contribution in [1.29, 1.82) is 5.26 Å². The van der Waals surface area contributed by atoms with E-state index in [1.807, 2.05) is 11.0 Å². The first kappa shape index (κ1) is 11.4. The van der Waals surface area contributed by atoms with Crippen LogP contribution in [0.15, 0.2) is 18.3 Å². The van der Waals surface area contributed by atoms with Gasteiger partial charge in [0.05, 0.1) is 18.2 Å². The number of likely N-dealkylation sites (tertiary alicyclic amines) is 1. The molecule has 88 valence electrons. The number of nitrogens with one attached hydrogen (secondary N) is 1. The molecular weight excluding hydrogens is 216 g/mol. The van der Waals surface area contributed by atoms with Crippen molar-refractivity contribution in [1.82, 2.24) is 9.88 Å². The number of hydrogen-bond acceptors (Lipinski definition) is 4. The quantitative estimate of drug-likeness (QED) is 0.840. The lowest BCUT2D eigenvalue weighted by Crippen LogP contribution is -2.33. The zero-order valence-electron chi connectivity index (χ0n) is 9.52. The van der Waals surface area contributed by atoms with Gasteiger partial charge in [0.1, 0.15) is 5.82 Å². The van der Waals surface area contributed by atoms with Crippen molar-refractivity contribution in [2.75, 3.05) is 25.0 Å². The maximum atomic E-state index is 11.7. The Balaban J connectivity index is 1.88. The molecule has 0 radical (unpaired) electrons. The van der Waals surface area contributed by atoms with Gasteiger partial charge in [-0.1, -0.05) is 0 Å². The zero-order valence-corrected chi connectivity index (χ0v) is 9.52. The summed E-state index contributed by atoms with van der Waals surface area (Å²) in [5, 5.41) is 11.7. The second-order valence-corrected chi connectivity index (χ2v) is 3.98. The number of anilines is 1. The van der Waals surface area contributed by atoms with Crippen LogP contribution in [0.4, 0.5) is 5.82 Å². The van der Waals surface area contributed by atoms with Gasteiger partial charge in [0, 0.05) is 19.3 Å². The van der Waals surface area contributed by atoms with Gasteiger partial charge in [-0.05, 0) is 25.0 Å². The van der Waals surface area contributed by atoms with Crippen molar-refractivity contribution in [3.8, 4) is 6.07 Å². The van der Waals surface area contributed by atoms with Gasteiger partial charge in [-0.25, -0.2) is 4.98 Å². The van der Waals surface area contributed by atoms with Crippen LogP contribution in [0.5, 0.6) is 0 Å². The largest absolute Gasteiger partial charge is 0.361 e. The maximum Gasteiger partial charge on any atom is 0.241 e. The van der Waals surface area contributed by atoms with Crippen LogP contribution in [-0.4, -0.2) is 35.4 Å². The van der Waals surface area contributed by atoms with Crippen LogP contribution in [0, 0.1) is 11.3 Å². The number of carbonyl (C=O) groups excluding carboxylic acids is 1. The van der Waals surface area contributed by atoms with E-state index in [-0.39, 0.29) is 12.5 Å². The lowest BCUT2D eigenvalue weighted by molar-refractivity contribution is -0.128. The molecule has 0 atom stereocenters. The number of nitriles is 1. The molecule has 0 aliphatic carbocycles. The summed E-state index contributed by atoms with van der Waals surface area (Å²) < 4.78 is 0. The zero-order chi connectivity index (χ0) is 12.1. The van der Waals surface area contributed by atoms with E-state index >= 15 is 0 Å². The molecule has 0 saturated carbocycles. The second-order valence-electron chi connectivity index (χ2n) is 3.98. The maximum absolute atomic E-state index is 11.7. The van der Waals surface area contributed by atoms with Crippen molar-refractivity contribution >= 4 is 11.7 Å². The van der Waals surface area contributed by atoms with Crippen LogP contribution in [-0.2, 0) is 4.79 Å². The molecule has 1 fully saturated rings. The van der Waals surface area contributed by atoms with E-state index in [1.54, 1.807) is 18.3 Å². The van der Waals surface area contributed by atoms with Gasteiger partial charge >= 0.3 is 0 Å². The minimum absolute atomic E-state index is 0.0895. The molecular formula is C12H14N4O. The predicted molar refractivity (Wildman–Crippen MR) is 63.3 cm³/mol. The Bertz CT molecular complexity index is 446. The number of hydrogen-bond donors (Lipinski definition) is 1. The summed E-state index contributed by atoms with van der Waals surface area (Å²) in [6.07, 6.45) is 3.74. The van der Waals surface area contributed by atoms with Gasteiger partial charge in [0.15, 0.2) is 0 Å². The lowest BCUT2D eigenvalue weighted by Gasteiger charge is -2.15. The Morgan fingerprint density at radius 1 is 1.53 bits per heavy atom. The fourth-order valence-corrected chi connectivity index (χ4v) is 1.84. The van der Waals surface area contributed by atoms with Crippen LogP contribution in [0.3, 0.4) is 0 Å². The topological polar surface area (TPSA) is 69.0 Å². The first-order valence-corrected chi connectivity index (χ1v) is 5.67. The number of aromatic nitrogens is 1. The Morgan fingerprint density at radius 3 is 3.00 bits per heavy atom. The molecule has 1 aromatic rings. The van der Waals surface area contributed by atoms with Crippen molar-refractivity contribution in [3.63, 3.8) is 0 Å². The van der Waals surface area contributed by atoms with Crippen molar-refractivity contribution in [2.24, 2.45) is 0 Å². The first-order valence-electron chi connectivity index (χ1n) is 5.67. The van der Waals surface area contributed by atoms with E-state index in [9.17, 15) is 4.79 Å². The minimum atomic E-state index is 0.0895. The monoisotopic (exact) mass is 230 g/mol. The average Bonchev–Trinajstić information content (AvgIpc) is 2.90. The van der Waals surface area contributed by atoms with E-state index in [4.69, 9.17) is 5.26 Å². The molecule has 1 amide bonds. The molecule has 17 heavy (non-hydrogen) atoms. The van der Waals surface area contributed by atoms with Gasteiger partial charge in [-0.2, -0.15) is 5.26 Å². The van der Waals surface area contributed by atoms with Crippen LogP contribution in [0.25, 0.3) is 0 Å². The standard InChI is InChI=1S/C12H14N4O/c13-8-10-3-4-14-11(7-10)15-9-12(17)16-5-1-2-6-16/h3-4,7H,1-2,5-6,9H2,(H,14,15). The highest BCUT2D eigenvalue weighted by Gasteiger charge is 2.17. The van der Waals surface area contributed by atoms with Crippen molar-refractivity contribution in [3.05, 3.63) is 23.9 Å². The van der Waals surface area contributed by atoms with Gasteiger partial charge in [0.25, 0.3) is 0 Å². The smallest absolute Gasteiger partial charge is 0.241 e. The summed E-state index contributed by atoms with van der Waals surface area (Å²) in [4.78, 5) is 17.6. The number of pyridine rings is 1. The Labute approximate surface area is 100 Å². The molecule has 0 unspecified atom stereocenters. The lowest BCUT2D eigenvalue weighted by atomic mass is 10.3. The van der Waals surface area contributed by atoms with Crippen molar-refractivity contribution < 1.29 is 4.79 Å². The van der Waals surface area contributed by atoms with Crippen LogP contribution >= 0.6 is 0 Å². The fraction of sp³-hybridized carbons (Fsp3) is 0.417. The Morgan fingerprint density at radius 2 is 2.29 bits per heavy atom. The molecule has 1 aromatic heterocycles. The highest BCUT2D eigenvalue weighted by Crippen LogP contribution is 2.09. The number of nitrogens with zero attached hydrogens (tertiary/aromatic N) is 3. The number of rotatable bonds is 3. The van der Waals surface area contributed by atoms with Gasteiger partial charge < -0.3 is 10.2 Å². The molecule has 2 rings (SSSR count). The minimum Gasteiger partial charge on any atom is -0.361 e. The van der Waals surface area contributed by atoms with Crippen molar-refractivity contribution in [2.45, 2.75) is 12.8 Å². The first-order chi connectivity index (χ1) is 8.29. The SMILES string of the molecule is N#Cc1ccnc(NCC(=O)N2CCCC2)c1. The molecule has 2 heterocycles. The molecule has 1 saturated heterocycles. The molecule has 1 N–H and O–H groups in total. The Kier molecular flexibility index (Phi) is 3.55. The van der Waals surface area contributed by atoms with Crippen LogP contribution in [0.2, 0.25) is 0 Å². The average molecular weight is 230 g/mol. The van der Waals surface area contributed by atoms with E-state index in [2.05, 4.69) is 10.3 Å². The molecule has 0 bridgehead atoms. The molecule has 5 heteroatoms. The van der Waals surface area contributed by atoms with Gasteiger partial charge in [0.2, 0.25) is 5.91 Å². The molecule has 5 nitrogen and oxygen atoms in total. The third-order valence-electron chi connectivity index (χ3n) is 2.77. The van der Waals surface area contributed by atoms with Gasteiger partial charge in [-0.15, -0.1) is 0 Å². The van der Waals surface area contributed by atoms with Crippen LogP contribution < -0.4 is 5.32 Å². The molecule has 1 aliphatic heterocycles. The Hall–Kier alpha value is -2.09. The number of carbonyl (C=O) groups is 1. The molecule has 0 aromatic carbocycles. The second kappa shape index (κ2) is 5.30. The van der Waals surface area contributed by atoms with Crippen LogP contribution in [0.1, 0.15) is 18.4 Å². The molecule has 0 spiro atoms. The van der Waals surface area contributed by atoms with E-state index in [0.717, 1.165) is 25.9 Å². The number of amides is 1. The predicted octanol–water partition coefficient (Wildman–Crippen LogP) is 0.988. The summed E-state index contributed by atoms with van der Waals surface area (Å²) in [7, 11) is 0. The summed E-state index contributed by atoms with van der Waals surface area (Å²) in [5.74, 6) is 0.656. The molecule has 1 aliphatic rings. The van der Waals surface area contributed by atoms with E-state index in [0.29, 0.717) is 11.4 Å². The summed E-state index contributed by atoms with van der Waals surface area (Å²) >= 11 is 0. The van der Waals surface area contributed by atoms with Gasteiger partial charge in [-0.3, -0.25) is 4.79 Å². The third-order valence-corrected chi connectivity index (χ3v) is 2.77. The fourth-order valence-electron chi connectivity index (χ4n) is 1.84.